The molecule has 20 heavy (non-hydrogen) atoms. The molecule has 0 aromatic heterocycles. The minimum absolute atomic E-state index is 0.0445. The number of carbonyl (C=O) groups is 1. The summed E-state index contributed by atoms with van der Waals surface area (Å²) in [7, 11) is 0. The van der Waals surface area contributed by atoms with Crippen molar-refractivity contribution in [2.75, 3.05) is 11.9 Å². The molecule has 0 heterocycles. The SMILES string of the molecule is Cc1cc(OCC(=O)Nc2ccc(Br)cc2)ccc1Cl. The molecule has 0 aliphatic heterocycles. The largest absolute Gasteiger partial charge is 0.484 e. The first-order chi connectivity index (χ1) is 9.54. The van der Waals surface area contributed by atoms with Crippen LogP contribution in [0.3, 0.4) is 0 Å². The van der Waals surface area contributed by atoms with Crippen LogP contribution in [0.4, 0.5) is 5.69 Å². The molecule has 0 saturated heterocycles. The third kappa shape index (κ3) is 4.25. The van der Waals surface area contributed by atoms with Crippen molar-refractivity contribution in [3.05, 3.63) is 57.5 Å². The second-order valence-electron chi connectivity index (χ2n) is 4.25. The van der Waals surface area contributed by atoms with Crippen LogP contribution >= 0.6 is 27.5 Å². The van der Waals surface area contributed by atoms with Gasteiger partial charge in [0.2, 0.25) is 0 Å². The minimum atomic E-state index is -0.208. The van der Waals surface area contributed by atoms with Crippen molar-refractivity contribution >= 4 is 39.1 Å². The normalized spacial score (nSPS) is 10.2. The van der Waals surface area contributed by atoms with Crippen LogP contribution in [0.5, 0.6) is 5.75 Å². The van der Waals surface area contributed by atoms with Crippen LogP contribution < -0.4 is 10.1 Å². The molecular formula is C15H13BrClNO2. The quantitative estimate of drug-likeness (QED) is 0.882. The Labute approximate surface area is 131 Å². The smallest absolute Gasteiger partial charge is 0.262 e. The first-order valence-corrected chi connectivity index (χ1v) is 7.16. The molecule has 104 valence electrons. The van der Waals surface area contributed by atoms with Gasteiger partial charge in [-0.1, -0.05) is 27.5 Å². The number of hydrogen-bond acceptors (Lipinski definition) is 2. The Morgan fingerprint density at radius 1 is 1.25 bits per heavy atom. The Hall–Kier alpha value is -1.52. The van der Waals surface area contributed by atoms with E-state index < -0.39 is 0 Å². The highest BCUT2D eigenvalue weighted by Crippen LogP contribution is 2.21. The first-order valence-electron chi connectivity index (χ1n) is 5.99. The second-order valence-corrected chi connectivity index (χ2v) is 5.58. The monoisotopic (exact) mass is 353 g/mol. The van der Waals surface area contributed by atoms with Gasteiger partial charge in [-0.25, -0.2) is 0 Å². The number of aryl methyl sites for hydroxylation is 1. The summed E-state index contributed by atoms with van der Waals surface area (Å²) >= 11 is 9.26. The molecule has 0 saturated carbocycles. The lowest BCUT2D eigenvalue weighted by Crippen LogP contribution is -2.20. The van der Waals surface area contributed by atoms with Gasteiger partial charge in [-0.2, -0.15) is 0 Å². The molecule has 0 bridgehead atoms. The third-order valence-electron chi connectivity index (χ3n) is 2.63. The third-order valence-corrected chi connectivity index (χ3v) is 3.58. The van der Waals surface area contributed by atoms with E-state index in [9.17, 15) is 4.79 Å². The molecule has 0 fully saturated rings. The molecule has 0 aliphatic carbocycles. The van der Waals surface area contributed by atoms with Crippen molar-refractivity contribution < 1.29 is 9.53 Å². The average molecular weight is 355 g/mol. The number of amides is 1. The van der Waals surface area contributed by atoms with Crippen molar-refractivity contribution in [2.45, 2.75) is 6.92 Å². The molecule has 2 aromatic carbocycles. The summed E-state index contributed by atoms with van der Waals surface area (Å²) in [5.41, 5.74) is 1.64. The van der Waals surface area contributed by atoms with Crippen molar-refractivity contribution in [1.82, 2.24) is 0 Å². The second kappa shape index (κ2) is 6.77. The van der Waals surface area contributed by atoms with E-state index in [0.29, 0.717) is 10.8 Å². The average Bonchev–Trinajstić information content (AvgIpc) is 2.43. The zero-order valence-corrected chi connectivity index (χ0v) is 13.2. The van der Waals surface area contributed by atoms with Crippen LogP contribution in [0.2, 0.25) is 5.02 Å². The van der Waals surface area contributed by atoms with Gasteiger partial charge in [-0.05, 0) is 55.0 Å². The lowest BCUT2D eigenvalue weighted by Gasteiger charge is -2.08. The van der Waals surface area contributed by atoms with Crippen LogP contribution in [-0.4, -0.2) is 12.5 Å². The van der Waals surface area contributed by atoms with Gasteiger partial charge in [0.1, 0.15) is 5.75 Å². The van der Waals surface area contributed by atoms with Crippen LogP contribution in [-0.2, 0) is 4.79 Å². The van der Waals surface area contributed by atoms with E-state index in [1.807, 2.05) is 31.2 Å². The fourth-order valence-corrected chi connectivity index (χ4v) is 1.97. The Bertz CT molecular complexity index is 614. The molecule has 2 aromatic rings. The number of nitrogens with one attached hydrogen (secondary N) is 1. The van der Waals surface area contributed by atoms with Crippen LogP contribution in [0.1, 0.15) is 5.56 Å². The van der Waals surface area contributed by atoms with E-state index in [1.54, 1.807) is 18.2 Å². The molecule has 1 amide bonds. The first kappa shape index (κ1) is 14.9. The lowest BCUT2D eigenvalue weighted by molar-refractivity contribution is -0.118. The molecule has 0 radical (unpaired) electrons. The van der Waals surface area contributed by atoms with Crippen molar-refractivity contribution in [2.24, 2.45) is 0 Å². The van der Waals surface area contributed by atoms with Crippen LogP contribution in [0.15, 0.2) is 46.9 Å². The topological polar surface area (TPSA) is 38.3 Å². The molecular weight excluding hydrogens is 342 g/mol. The molecule has 0 aliphatic rings. The molecule has 2 rings (SSSR count). The predicted molar refractivity (Wildman–Crippen MR) is 84.5 cm³/mol. The fraction of sp³-hybridized carbons (Fsp3) is 0.133. The van der Waals surface area contributed by atoms with E-state index >= 15 is 0 Å². The highest BCUT2D eigenvalue weighted by atomic mass is 79.9. The predicted octanol–water partition coefficient (Wildman–Crippen LogP) is 4.43. The minimum Gasteiger partial charge on any atom is -0.484 e. The van der Waals surface area contributed by atoms with Gasteiger partial charge >= 0.3 is 0 Å². The van der Waals surface area contributed by atoms with Gasteiger partial charge < -0.3 is 10.1 Å². The molecule has 3 nitrogen and oxygen atoms in total. The summed E-state index contributed by atoms with van der Waals surface area (Å²) in [6, 6.07) is 12.6. The van der Waals surface area contributed by atoms with Crippen molar-refractivity contribution in [1.29, 1.82) is 0 Å². The van der Waals surface area contributed by atoms with Crippen LogP contribution in [0.25, 0.3) is 0 Å². The highest BCUT2D eigenvalue weighted by Gasteiger charge is 2.05. The van der Waals surface area contributed by atoms with E-state index in [1.165, 1.54) is 0 Å². The Balaban J connectivity index is 1.88. The fourth-order valence-electron chi connectivity index (χ4n) is 1.59. The summed E-state index contributed by atoms with van der Waals surface area (Å²) in [5.74, 6) is 0.415. The number of rotatable bonds is 4. The lowest BCUT2D eigenvalue weighted by atomic mass is 10.2. The number of ether oxygens (including phenoxy) is 1. The number of hydrogen-bond donors (Lipinski definition) is 1. The summed E-state index contributed by atoms with van der Waals surface area (Å²) < 4.78 is 6.38. The van der Waals surface area contributed by atoms with Crippen molar-refractivity contribution in [3.8, 4) is 5.75 Å². The summed E-state index contributed by atoms with van der Waals surface area (Å²) in [6.45, 7) is 1.84. The zero-order chi connectivity index (χ0) is 14.5. The number of carbonyl (C=O) groups excluding carboxylic acids is 1. The van der Waals surface area contributed by atoms with E-state index in [0.717, 1.165) is 15.7 Å². The van der Waals surface area contributed by atoms with Gasteiger partial charge in [0, 0.05) is 15.2 Å². The van der Waals surface area contributed by atoms with Crippen LogP contribution in [0, 0.1) is 6.92 Å². The Morgan fingerprint density at radius 3 is 2.60 bits per heavy atom. The number of halogens is 2. The van der Waals surface area contributed by atoms with Gasteiger partial charge in [-0.15, -0.1) is 0 Å². The zero-order valence-electron chi connectivity index (χ0n) is 10.8. The standard InChI is InChI=1S/C15H13BrClNO2/c1-10-8-13(6-7-14(10)17)20-9-15(19)18-12-4-2-11(16)3-5-12/h2-8H,9H2,1H3,(H,18,19). The molecule has 0 unspecified atom stereocenters. The Kier molecular flexibility index (Phi) is 5.04. The maximum absolute atomic E-state index is 11.7. The van der Waals surface area contributed by atoms with Crippen molar-refractivity contribution in [3.63, 3.8) is 0 Å². The maximum atomic E-state index is 11.7. The molecule has 0 atom stereocenters. The van der Waals surface area contributed by atoms with E-state index in [4.69, 9.17) is 16.3 Å². The Morgan fingerprint density at radius 2 is 1.95 bits per heavy atom. The molecule has 0 spiro atoms. The summed E-state index contributed by atoms with van der Waals surface area (Å²) in [4.78, 5) is 11.7. The summed E-state index contributed by atoms with van der Waals surface area (Å²) in [6.07, 6.45) is 0. The van der Waals surface area contributed by atoms with Gasteiger partial charge in [-0.3, -0.25) is 4.79 Å². The van der Waals surface area contributed by atoms with Gasteiger partial charge in [0.15, 0.2) is 6.61 Å². The number of anilines is 1. The number of benzene rings is 2. The van der Waals surface area contributed by atoms with E-state index in [-0.39, 0.29) is 12.5 Å². The molecule has 5 heteroatoms. The highest BCUT2D eigenvalue weighted by molar-refractivity contribution is 9.10. The summed E-state index contributed by atoms with van der Waals surface area (Å²) in [5, 5.41) is 3.43. The maximum Gasteiger partial charge on any atom is 0.262 e. The molecule has 1 N–H and O–H groups in total. The van der Waals surface area contributed by atoms with Gasteiger partial charge in [0.25, 0.3) is 5.91 Å². The van der Waals surface area contributed by atoms with Gasteiger partial charge in [0.05, 0.1) is 0 Å². The van der Waals surface area contributed by atoms with E-state index in [2.05, 4.69) is 21.2 Å².